The van der Waals surface area contributed by atoms with Crippen LogP contribution in [0.4, 0.5) is 4.39 Å². The smallest absolute Gasteiger partial charge is 0.123 e. The number of aliphatic hydroxyl groups is 1. The molecule has 0 amide bonds. The third-order valence-electron chi connectivity index (χ3n) is 3.18. The van der Waals surface area contributed by atoms with E-state index in [-0.39, 0.29) is 11.9 Å². The zero-order valence-corrected chi connectivity index (χ0v) is 13.0. The van der Waals surface area contributed by atoms with Crippen molar-refractivity contribution < 1.29 is 9.50 Å². The molecule has 0 fully saturated rings. The third kappa shape index (κ3) is 6.46. The highest BCUT2D eigenvalue weighted by Gasteiger charge is 2.17. The van der Waals surface area contributed by atoms with Crippen LogP contribution in [-0.4, -0.2) is 42.3 Å². The molecule has 0 saturated heterocycles. The van der Waals surface area contributed by atoms with Gasteiger partial charge in [0.2, 0.25) is 0 Å². The van der Waals surface area contributed by atoms with Gasteiger partial charge in [-0.05, 0) is 58.1 Å². The first-order chi connectivity index (χ1) is 9.31. The number of nitrogens with one attached hydrogen (secondary N) is 1. The van der Waals surface area contributed by atoms with Crippen molar-refractivity contribution >= 4 is 0 Å². The number of benzene rings is 1. The minimum Gasteiger partial charge on any atom is -0.389 e. The molecule has 1 aromatic rings. The molecule has 1 rings (SSSR count). The summed E-state index contributed by atoms with van der Waals surface area (Å²) in [6.07, 6.45) is 0.923. The molecule has 4 heteroatoms. The molecule has 0 spiro atoms. The van der Waals surface area contributed by atoms with Crippen molar-refractivity contribution in [3.63, 3.8) is 0 Å². The first-order valence-corrected chi connectivity index (χ1v) is 7.21. The van der Waals surface area contributed by atoms with Gasteiger partial charge in [-0.2, -0.15) is 0 Å². The SMILES string of the molecule is CCNC(CCN(C)CC(C)(C)O)c1ccc(F)cc1. The van der Waals surface area contributed by atoms with E-state index in [1.54, 1.807) is 0 Å². The molecule has 0 radical (unpaired) electrons. The molecule has 3 nitrogen and oxygen atoms in total. The van der Waals surface area contributed by atoms with Gasteiger partial charge in [0.05, 0.1) is 5.60 Å². The van der Waals surface area contributed by atoms with Crippen LogP contribution in [0.25, 0.3) is 0 Å². The molecule has 1 unspecified atom stereocenters. The molecule has 0 aromatic heterocycles. The number of hydrogen-bond donors (Lipinski definition) is 2. The molecule has 0 aliphatic rings. The fraction of sp³-hybridized carbons (Fsp3) is 0.625. The third-order valence-corrected chi connectivity index (χ3v) is 3.18. The van der Waals surface area contributed by atoms with Crippen LogP contribution in [0.2, 0.25) is 0 Å². The number of likely N-dealkylation sites (N-methyl/N-ethyl adjacent to an activating group) is 1. The highest BCUT2D eigenvalue weighted by Crippen LogP contribution is 2.18. The highest BCUT2D eigenvalue weighted by molar-refractivity contribution is 5.19. The van der Waals surface area contributed by atoms with E-state index in [4.69, 9.17) is 0 Å². The Bertz CT molecular complexity index is 386. The Balaban J connectivity index is 2.57. The van der Waals surface area contributed by atoms with Crippen LogP contribution in [0.1, 0.15) is 38.8 Å². The van der Waals surface area contributed by atoms with Crippen molar-refractivity contribution in [1.29, 1.82) is 0 Å². The summed E-state index contributed by atoms with van der Waals surface area (Å²) in [7, 11) is 2.01. The molecule has 1 atom stereocenters. The Morgan fingerprint density at radius 1 is 1.30 bits per heavy atom. The first-order valence-electron chi connectivity index (χ1n) is 7.21. The van der Waals surface area contributed by atoms with E-state index in [0.717, 1.165) is 25.1 Å². The monoisotopic (exact) mass is 282 g/mol. The van der Waals surface area contributed by atoms with E-state index in [9.17, 15) is 9.50 Å². The number of rotatable bonds is 8. The average Bonchev–Trinajstić information content (AvgIpc) is 2.33. The summed E-state index contributed by atoms with van der Waals surface area (Å²) in [5.74, 6) is -0.205. The average molecular weight is 282 g/mol. The van der Waals surface area contributed by atoms with Gasteiger partial charge in [-0.25, -0.2) is 4.39 Å². The zero-order valence-electron chi connectivity index (χ0n) is 13.0. The fourth-order valence-electron chi connectivity index (χ4n) is 2.42. The minimum atomic E-state index is -0.682. The molecular weight excluding hydrogens is 255 g/mol. The van der Waals surface area contributed by atoms with E-state index in [1.807, 2.05) is 33.0 Å². The molecule has 0 saturated carbocycles. The Kier molecular flexibility index (Phi) is 6.59. The molecule has 114 valence electrons. The lowest BCUT2D eigenvalue weighted by Crippen LogP contribution is -2.37. The van der Waals surface area contributed by atoms with Gasteiger partial charge in [-0.15, -0.1) is 0 Å². The van der Waals surface area contributed by atoms with Crippen LogP contribution in [0.5, 0.6) is 0 Å². The van der Waals surface area contributed by atoms with Crippen molar-refractivity contribution in [2.75, 3.05) is 26.7 Å². The quantitative estimate of drug-likeness (QED) is 0.769. The molecule has 0 aliphatic carbocycles. The van der Waals surface area contributed by atoms with E-state index < -0.39 is 5.60 Å². The number of halogens is 1. The maximum Gasteiger partial charge on any atom is 0.123 e. The van der Waals surface area contributed by atoms with E-state index in [0.29, 0.717) is 6.54 Å². The molecule has 2 N–H and O–H groups in total. The van der Waals surface area contributed by atoms with E-state index in [2.05, 4.69) is 17.1 Å². The van der Waals surface area contributed by atoms with Gasteiger partial charge >= 0.3 is 0 Å². The summed E-state index contributed by atoms with van der Waals surface area (Å²) >= 11 is 0. The molecular formula is C16H27FN2O. The van der Waals surface area contributed by atoms with Crippen LogP contribution >= 0.6 is 0 Å². The van der Waals surface area contributed by atoms with Crippen LogP contribution in [0.3, 0.4) is 0 Å². The minimum absolute atomic E-state index is 0.205. The standard InChI is InChI=1S/C16H27FN2O/c1-5-18-15(13-6-8-14(17)9-7-13)10-11-19(4)12-16(2,3)20/h6-9,15,18,20H,5,10-12H2,1-4H3. The predicted molar refractivity (Wildman–Crippen MR) is 81.2 cm³/mol. The molecule has 0 bridgehead atoms. The van der Waals surface area contributed by atoms with Crippen LogP contribution < -0.4 is 5.32 Å². The lowest BCUT2D eigenvalue weighted by molar-refractivity contribution is 0.0436. The molecule has 1 aromatic carbocycles. The normalized spacial score (nSPS) is 13.8. The zero-order chi connectivity index (χ0) is 15.2. The maximum atomic E-state index is 13.0. The maximum absolute atomic E-state index is 13.0. The fourth-order valence-corrected chi connectivity index (χ4v) is 2.42. The van der Waals surface area contributed by atoms with Gasteiger partial charge in [-0.1, -0.05) is 19.1 Å². The lowest BCUT2D eigenvalue weighted by atomic mass is 10.0. The van der Waals surface area contributed by atoms with Crippen molar-refractivity contribution in [2.24, 2.45) is 0 Å². The van der Waals surface area contributed by atoms with E-state index in [1.165, 1.54) is 12.1 Å². The second-order valence-corrected chi connectivity index (χ2v) is 6.00. The first kappa shape index (κ1) is 17.1. The van der Waals surface area contributed by atoms with Gasteiger partial charge in [-0.3, -0.25) is 0 Å². The summed E-state index contributed by atoms with van der Waals surface area (Å²) in [5, 5.41) is 13.2. The highest BCUT2D eigenvalue weighted by atomic mass is 19.1. The van der Waals surface area contributed by atoms with Gasteiger partial charge < -0.3 is 15.3 Å². The summed E-state index contributed by atoms with van der Waals surface area (Å²) in [5.41, 5.74) is 0.420. The largest absolute Gasteiger partial charge is 0.389 e. The van der Waals surface area contributed by atoms with Crippen LogP contribution in [0.15, 0.2) is 24.3 Å². The van der Waals surface area contributed by atoms with Crippen molar-refractivity contribution in [3.05, 3.63) is 35.6 Å². The molecule has 0 heterocycles. The Morgan fingerprint density at radius 3 is 2.40 bits per heavy atom. The Labute approximate surface area is 121 Å². The number of hydrogen-bond acceptors (Lipinski definition) is 3. The van der Waals surface area contributed by atoms with Gasteiger partial charge in [0.15, 0.2) is 0 Å². The predicted octanol–water partition coefficient (Wildman–Crippen LogP) is 2.57. The van der Waals surface area contributed by atoms with Crippen LogP contribution in [0, 0.1) is 5.82 Å². The van der Waals surface area contributed by atoms with Crippen molar-refractivity contribution in [2.45, 2.75) is 38.8 Å². The number of nitrogens with zero attached hydrogens (tertiary/aromatic N) is 1. The second-order valence-electron chi connectivity index (χ2n) is 6.00. The van der Waals surface area contributed by atoms with Gasteiger partial charge in [0, 0.05) is 12.6 Å². The second kappa shape index (κ2) is 7.72. The topological polar surface area (TPSA) is 35.5 Å². The summed E-state index contributed by atoms with van der Waals surface area (Å²) in [6.45, 7) is 8.07. The van der Waals surface area contributed by atoms with Gasteiger partial charge in [0.1, 0.15) is 5.82 Å². The summed E-state index contributed by atoms with van der Waals surface area (Å²) < 4.78 is 13.0. The van der Waals surface area contributed by atoms with E-state index >= 15 is 0 Å². The Hall–Kier alpha value is -0.970. The summed E-state index contributed by atoms with van der Waals surface area (Å²) in [6, 6.07) is 6.88. The Morgan fingerprint density at radius 2 is 1.90 bits per heavy atom. The van der Waals surface area contributed by atoms with Crippen molar-refractivity contribution in [3.8, 4) is 0 Å². The van der Waals surface area contributed by atoms with Gasteiger partial charge in [0.25, 0.3) is 0 Å². The molecule has 20 heavy (non-hydrogen) atoms. The van der Waals surface area contributed by atoms with Crippen LogP contribution in [-0.2, 0) is 0 Å². The molecule has 0 aliphatic heterocycles. The lowest BCUT2D eigenvalue weighted by Gasteiger charge is -2.27. The summed E-state index contributed by atoms with van der Waals surface area (Å²) in [4.78, 5) is 2.12. The van der Waals surface area contributed by atoms with Crippen molar-refractivity contribution in [1.82, 2.24) is 10.2 Å².